The third-order valence-corrected chi connectivity index (χ3v) is 3.06. The van der Waals surface area contributed by atoms with Crippen molar-refractivity contribution in [3.63, 3.8) is 0 Å². The molecule has 1 aliphatic carbocycles. The zero-order chi connectivity index (χ0) is 9.54. The predicted octanol–water partition coefficient (Wildman–Crippen LogP) is 1.60. The molecule has 0 unspecified atom stereocenters. The van der Waals surface area contributed by atoms with Gasteiger partial charge in [-0.05, 0) is 29.5 Å². The Kier molecular flexibility index (Phi) is 1.67. The number of hydrogen-bond acceptors (Lipinski definition) is 2. The van der Waals surface area contributed by atoms with Crippen LogP contribution in [0.3, 0.4) is 0 Å². The molecule has 0 amide bonds. The van der Waals surface area contributed by atoms with Gasteiger partial charge in [0, 0.05) is 18.8 Å². The number of halogens is 1. The summed E-state index contributed by atoms with van der Waals surface area (Å²) in [5, 5.41) is 3.33. The monoisotopic (exact) mass is 190 g/mol. The Morgan fingerprint density at radius 1 is 1.43 bits per heavy atom. The molecule has 72 valence electrons. The lowest BCUT2D eigenvalue weighted by Crippen LogP contribution is -2.49. The molecule has 0 aromatic carbocycles. The smallest absolute Gasteiger partial charge is 0.142 e. The van der Waals surface area contributed by atoms with Crippen LogP contribution in [-0.2, 0) is 0 Å². The molecule has 1 aliphatic heterocycles. The van der Waals surface area contributed by atoms with Crippen molar-refractivity contribution < 1.29 is 4.39 Å². The van der Waals surface area contributed by atoms with Gasteiger partial charge in [-0.3, -0.25) is 4.98 Å². The van der Waals surface area contributed by atoms with Gasteiger partial charge < -0.3 is 5.32 Å². The molecule has 1 fully saturated rings. The number of nitrogens with one attached hydrogen (secondary N) is 1. The van der Waals surface area contributed by atoms with E-state index in [0.717, 1.165) is 24.4 Å². The highest BCUT2D eigenvalue weighted by Crippen LogP contribution is 2.36. The van der Waals surface area contributed by atoms with Crippen molar-refractivity contribution >= 4 is 5.57 Å². The highest BCUT2D eigenvalue weighted by atomic mass is 19.1. The fourth-order valence-electron chi connectivity index (χ4n) is 2.18. The molecule has 2 aliphatic rings. The van der Waals surface area contributed by atoms with Crippen LogP contribution in [-0.4, -0.2) is 17.6 Å². The fourth-order valence-corrected chi connectivity index (χ4v) is 2.18. The van der Waals surface area contributed by atoms with E-state index < -0.39 is 0 Å². The van der Waals surface area contributed by atoms with Crippen molar-refractivity contribution in [2.75, 3.05) is 6.54 Å². The van der Waals surface area contributed by atoms with Crippen molar-refractivity contribution in [3.05, 3.63) is 35.9 Å². The van der Waals surface area contributed by atoms with Crippen molar-refractivity contribution in [1.29, 1.82) is 0 Å². The van der Waals surface area contributed by atoms with E-state index in [-0.39, 0.29) is 5.82 Å². The summed E-state index contributed by atoms with van der Waals surface area (Å²) in [5.41, 5.74) is 2.17. The second kappa shape index (κ2) is 2.89. The highest BCUT2D eigenvalue weighted by molar-refractivity contribution is 5.68. The van der Waals surface area contributed by atoms with E-state index in [4.69, 9.17) is 0 Å². The van der Waals surface area contributed by atoms with Crippen LogP contribution in [0.25, 0.3) is 5.57 Å². The second-order valence-corrected chi connectivity index (χ2v) is 3.98. The largest absolute Gasteiger partial charge is 0.310 e. The fraction of sp³-hybridized carbons (Fsp3) is 0.364. The SMILES string of the molecule is Fc1cncc(C2=C[C@@H]3NC[C@@H]3C2)c1. The molecule has 1 aromatic heterocycles. The summed E-state index contributed by atoms with van der Waals surface area (Å²) in [5.74, 6) is 0.476. The minimum Gasteiger partial charge on any atom is -0.310 e. The number of rotatable bonds is 1. The third kappa shape index (κ3) is 1.16. The lowest BCUT2D eigenvalue weighted by molar-refractivity contribution is 0.301. The standard InChI is InChI=1S/C11H11FN2/c12-10-2-8(4-13-6-10)7-1-9-5-14-11(9)3-7/h2-4,6,9,11,14H,1,5H2/t9-,11-/m0/s1. The lowest BCUT2D eigenvalue weighted by Gasteiger charge is -2.31. The van der Waals surface area contributed by atoms with Crippen molar-refractivity contribution in [1.82, 2.24) is 10.3 Å². The summed E-state index contributed by atoms with van der Waals surface area (Å²) < 4.78 is 12.9. The number of fused-ring (bicyclic) bond motifs is 1. The number of hydrogen-bond donors (Lipinski definition) is 1. The Bertz CT molecular complexity index is 400. The molecule has 0 spiro atoms. The van der Waals surface area contributed by atoms with Gasteiger partial charge in [0.2, 0.25) is 0 Å². The zero-order valence-electron chi connectivity index (χ0n) is 7.70. The Hall–Kier alpha value is -1.22. The first-order valence-corrected chi connectivity index (χ1v) is 4.88. The highest BCUT2D eigenvalue weighted by Gasteiger charge is 2.34. The van der Waals surface area contributed by atoms with Gasteiger partial charge in [-0.25, -0.2) is 4.39 Å². The van der Waals surface area contributed by atoms with Gasteiger partial charge in [0.15, 0.2) is 0 Å². The minimum atomic E-state index is -0.254. The average Bonchev–Trinajstić information content (AvgIpc) is 2.43. The van der Waals surface area contributed by atoms with Gasteiger partial charge in [-0.15, -0.1) is 0 Å². The molecule has 1 aromatic rings. The van der Waals surface area contributed by atoms with E-state index in [2.05, 4.69) is 16.4 Å². The van der Waals surface area contributed by atoms with E-state index in [0.29, 0.717) is 6.04 Å². The number of aromatic nitrogens is 1. The zero-order valence-corrected chi connectivity index (χ0v) is 7.70. The Labute approximate surface area is 81.9 Å². The van der Waals surface area contributed by atoms with E-state index in [9.17, 15) is 4.39 Å². The van der Waals surface area contributed by atoms with Crippen molar-refractivity contribution in [3.8, 4) is 0 Å². The minimum absolute atomic E-state index is 0.254. The number of pyridine rings is 1. The first-order valence-electron chi connectivity index (χ1n) is 4.88. The van der Waals surface area contributed by atoms with Gasteiger partial charge >= 0.3 is 0 Å². The quantitative estimate of drug-likeness (QED) is 0.727. The first kappa shape index (κ1) is 8.12. The molecule has 2 nitrogen and oxygen atoms in total. The molecule has 2 atom stereocenters. The van der Waals surface area contributed by atoms with Crippen LogP contribution < -0.4 is 5.32 Å². The summed E-state index contributed by atoms with van der Waals surface area (Å²) in [4.78, 5) is 3.86. The van der Waals surface area contributed by atoms with Crippen molar-refractivity contribution in [2.45, 2.75) is 12.5 Å². The molecular formula is C11H11FN2. The molecule has 0 radical (unpaired) electrons. The number of allylic oxidation sites excluding steroid dienone is 1. The predicted molar refractivity (Wildman–Crippen MR) is 52.1 cm³/mol. The van der Waals surface area contributed by atoms with E-state index in [1.165, 1.54) is 11.8 Å². The maximum Gasteiger partial charge on any atom is 0.142 e. The van der Waals surface area contributed by atoms with E-state index in [1.54, 1.807) is 12.3 Å². The van der Waals surface area contributed by atoms with Crippen LogP contribution in [0.5, 0.6) is 0 Å². The van der Waals surface area contributed by atoms with Crippen LogP contribution in [0, 0.1) is 11.7 Å². The molecule has 1 N–H and O–H groups in total. The van der Waals surface area contributed by atoms with Gasteiger partial charge in [0.05, 0.1) is 6.20 Å². The second-order valence-electron chi connectivity index (χ2n) is 3.98. The molecule has 14 heavy (non-hydrogen) atoms. The Morgan fingerprint density at radius 3 is 2.93 bits per heavy atom. The molecule has 1 saturated heterocycles. The third-order valence-electron chi connectivity index (χ3n) is 3.06. The van der Waals surface area contributed by atoms with Crippen LogP contribution in [0.15, 0.2) is 24.5 Å². The van der Waals surface area contributed by atoms with Gasteiger partial charge in [-0.1, -0.05) is 6.08 Å². The maximum absolute atomic E-state index is 12.9. The number of nitrogens with zero attached hydrogens (tertiary/aromatic N) is 1. The lowest BCUT2D eigenvalue weighted by atomic mass is 9.94. The van der Waals surface area contributed by atoms with Crippen LogP contribution in [0.2, 0.25) is 0 Å². The molecule has 0 saturated carbocycles. The van der Waals surface area contributed by atoms with Crippen molar-refractivity contribution in [2.24, 2.45) is 5.92 Å². The van der Waals surface area contributed by atoms with Crippen LogP contribution >= 0.6 is 0 Å². The summed E-state index contributed by atoms with van der Waals surface area (Å²) in [6, 6.07) is 2.08. The van der Waals surface area contributed by atoms with Crippen LogP contribution in [0.4, 0.5) is 4.39 Å². The molecule has 3 rings (SSSR count). The normalized spacial score (nSPS) is 29.4. The topological polar surface area (TPSA) is 24.9 Å². The first-order chi connectivity index (χ1) is 6.83. The van der Waals surface area contributed by atoms with Gasteiger partial charge in [0.1, 0.15) is 5.82 Å². The summed E-state index contributed by atoms with van der Waals surface area (Å²) in [6.07, 6.45) is 6.24. The van der Waals surface area contributed by atoms with Gasteiger partial charge in [0.25, 0.3) is 0 Å². The molecule has 0 bridgehead atoms. The Morgan fingerprint density at radius 2 is 2.36 bits per heavy atom. The van der Waals surface area contributed by atoms with Crippen LogP contribution in [0.1, 0.15) is 12.0 Å². The average molecular weight is 190 g/mol. The maximum atomic E-state index is 12.9. The van der Waals surface area contributed by atoms with E-state index in [1.807, 2.05) is 0 Å². The summed E-state index contributed by atoms with van der Waals surface area (Å²) in [7, 11) is 0. The summed E-state index contributed by atoms with van der Waals surface area (Å²) in [6.45, 7) is 1.09. The van der Waals surface area contributed by atoms with E-state index >= 15 is 0 Å². The van der Waals surface area contributed by atoms with Gasteiger partial charge in [-0.2, -0.15) is 0 Å². The molecule has 2 heterocycles. The molecular weight excluding hydrogens is 179 g/mol. The summed E-state index contributed by atoms with van der Waals surface area (Å²) >= 11 is 0. The Balaban J connectivity index is 1.92. The molecule has 3 heteroatoms.